The van der Waals surface area contributed by atoms with Crippen molar-refractivity contribution in [3.63, 3.8) is 0 Å². The summed E-state index contributed by atoms with van der Waals surface area (Å²) in [7, 11) is 0. The van der Waals surface area contributed by atoms with E-state index in [0.717, 1.165) is 11.1 Å². The van der Waals surface area contributed by atoms with Gasteiger partial charge in [-0.15, -0.1) is 0 Å². The van der Waals surface area contributed by atoms with E-state index in [-0.39, 0.29) is 18.8 Å². The standard InChI is InChI=1S/C17H22O6/c1-17(2)22-15-14-13(21-16(15)23-17)12(7-18)19-8-10-5-3-4-6-11(10)9-20-14/h3-6,12-16,18H,7-9H2,1-2H3/t12-,13-,14+,15-,16-/m1/s1. The molecule has 1 N–H and O–H groups in total. The van der Waals surface area contributed by atoms with Crippen LogP contribution >= 0.6 is 0 Å². The molecule has 1 aromatic rings. The van der Waals surface area contributed by atoms with Crippen molar-refractivity contribution in [2.75, 3.05) is 6.61 Å². The Hall–Kier alpha value is -1.02. The van der Waals surface area contributed by atoms with Crippen LogP contribution in [0, 0.1) is 0 Å². The Bertz CT molecular complexity index is 574. The molecule has 3 aliphatic heterocycles. The average Bonchev–Trinajstić information content (AvgIpc) is 3.00. The quantitative estimate of drug-likeness (QED) is 0.842. The van der Waals surface area contributed by atoms with Crippen LogP contribution in [0.1, 0.15) is 25.0 Å². The monoisotopic (exact) mass is 322 g/mol. The van der Waals surface area contributed by atoms with Crippen LogP contribution in [0.4, 0.5) is 0 Å². The minimum Gasteiger partial charge on any atom is -0.394 e. The molecule has 3 aliphatic rings. The number of fused-ring (bicyclic) bond motifs is 4. The van der Waals surface area contributed by atoms with E-state index >= 15 is 0 Å². The van der Waals surface area contributed by atoms with E-state index in [1.807, 2.05) is 38.1 Å². The molecule has 5 atom stereocenters. The van der Waals surface area contributed by atoms with Gasteiger partial charge in [-0.05, 0) is 25.0 Å². The topological polar surface area (TPSA) is 66.4 Å². The summed E-state index contributed by atoms with van der Waals surface area (Å²) in [5.41, 5.74) is 2.14. The van der Waals surface area contributed by atoms with Crippen molar-refractivity contribution in [2.24, 2.45) is 0 Å². The molecule has 126 valence electrons. The highest BCUT2D eigenvalue weighted by Gasteiger charge is 2.57. The SMILES string of the molecule is CC1(C)O[C@H]2O[C@H]3[C@H](OCc4ccccc4CO[C@@H]3CO)[C@H]2O1. The first kappa shape index (κ1) is 15.5. The number of ether oxygens (including phenoxy) is 5. The van der Waals surface area contributed by atoms with E-state index in [2.05, 4.69) is 0 Å². The third-order valence-electron chi connectivity index (χ3n) is 4.58. The average molecular weight is 322 g/mol. The normalized spacial score (nSPS) is 38.8. The highest BCUT2D eigenvalue weighted by Crippen LogP contribution is 2.41. The minimum atomic E-state index is -0.699. The van der Waals surface area contributed by atoms with Gasteiger partial charge in [0.15, 0.2) is 12.1 Å². The van der Waals surface area contributed by atoms with Gasteiger partial charge in [0.25, 0.3) is 0 Å². The third-order valence-corrected chi connectivity index (χ3v) is 4.58. The molecule has 2 saturated heterocycles. The van der Waals surface area contributed by atoms with Crippen molar-refractivity contribution in [3.05, 3.63) is 35.4 Å². The molecule has 0 bridgehead atoms. The second kappa shape index (κ2) is 5.81. The fraction of sp³-hybridized carbons (Fsp3) is 0.647. The fourth-order valence-electron chi connectivity index (χ4n) is 3.47. The summed E-state index contributed by atoms with van der Waals surface area (Å²) in [6.07, 6.45) is -2.05. The fourth-order valence-corrected chi connectivity index (χ4v) is 3.47. The summed E-state index contributed by atoms with van der Waals surface area (Å²) in [5.74, 6) is -0.699. The van der Waals surface area contributed by atoms with Gasteiger partial charge in [-0.3, -0.25) is 0 Å². The zero-order valence-electron chi connectivity index (χ0n) is 13.3. The van der Waals surface area contributed by atoms with E-state index in [0.29, 0.717) is 13.2 Å². The van der Waals surface area contributed by atoms with Crippen LogP contribution < -0.4 is 0 Å². The van der Waals surface area contributed by atoms with E-state index in [9.17, 15) is 5.11 Å². The molecule has 0 aliphatic carbocycles. The lowest BCUT2D eigenvalue weighted by Gasteiger charge is -2.29. The Morgan fingerprint density at radius 1 is 1.00 bits per heavy atom. The van der Waals surface area contributed by atoms with Crippen molar-refractivity contribution in [1.82, 2.24) is 0 Å². The van der Waals surface area contributed by atoms with Gasteiger partial charge in [0.1, 0.15) is 24.4 Å². The van der Waals surface area contributed by atoms with Crippen LogP contribution in [0.2, 0.25) is 0 Å². The Morgan fingerprint density at radius 3 is 2.39 bits per heavy atom. The highest BCUT2D eigenvalue weighted by molar-refractivity contribution is 5.26. The first-order chi connectivity index (χ1) is 11.1. The molecule has 2 fully saturated rings. The van der Waals surface area contributed by atoms with Gasteiger partial charge in [0, 0.05) is 0 Å². The van der Waals surface area contributed by atoms with Gasteiger partial charge in [0.05, 0.1) is 19.8 Å². The number of aliphatic hydroxyl groups excluding tert-OH is 1. The zero-order chi connectivity index (χ0) is 16.0. The molecule has 4 rings (SSSR count). The van der Waals surface area contributed by atoms with Gasteiger partial charge < -0.3 is 28.8 Å². The van der Waals surface area contributed by atoms with Crippen molar-refractivity contribution in [1.29, 1.82) is 0 Å². The first-order valence-electron chi connectivity index (χ1n) is 7.99. The van der Waals surface area contributed by atoms with Crippen LogP contribution in [0.3, 0.4) is 0 Å². The Labute approximate surface area is 135 Å². The van der Waals surface area contributed by atoms with Crippen LogP contribution in [0.25, 0.3) is 0 Å². The second-order valence-electron chi connectivity index (χ2n) is 6.65. The predicted octanol–water partition coefficient (Wildman–Crippen LogP) is 1.34. The first-order valence-corrected chi connectivity index (χ1v) is 7.99. The molecule has 0 aromatic heterocycles. The summed E-state index contributed by atoms with van der Waals surface area (Å²) in [6, 6.07) is 7.98. The Kier molecular flexibility index (Phi) is 3.91. The van der Waals surface area contributed by atoms with Crippen molar-refractivity contribution in [2.45, 2.75) is 63.6 Å². The number of rotatable bonds is 1. The lowest BCUT2D eigenvalue weighted by Crippen LogP contribution is -2.44. The zero-order valence-corrected chi connectivity index (χ0v) is 13.3. The molecule has 6 nitrogen and oxygen atoms in total. The lowest BCUT2D eigenvalue weighted by atomic mass is 10.1. The Morgan fingerprint density at radius 2 is 1.70 bits per heavy atom. The Balaban J connectivity index is 1.62. The molecule has 3 heterocycles. The minimum absolute atomic E-state index is 0.143. The molecular formula is C17H22O6. The number of hydrogen-bond donors (Lipinski definition) is 1. The molecular weight excluding hydrogens is 300 g/mol. The number of aliphatic hydroxyl groups is 1. The summed E-state index contributed by atoms with van der Waals surface area (Å²) in [6.45, 7) is 4.44. The van der Waals surface area contributed by atoms with Gasteiger partial charge >= 0.3 is 0 Å². The van der Waals surface area contributed by atoms with E-state index in [1.165, 1.54) is 0 Å². The maximum atomic E-state index is 9.72. The van der Waals surface area contributed by atoms with Crippen LogP contribution in [0.5, 0.6) is 0 Å². The van der Waals surface area contributed by atoms with Gasteiger partial charge in [0.2, 0.25) is 0 Å². The summed E-state index contributed by atoms with van der Waals surface area (Å²) in [5, 5.41) is 9.72. The van der Waals surface area contributed by atoms with Gasteiger partial charge in [-0.2, -0.15) is 0 Å². The lowest BCUT2D eigenvalue weighted by molar-refractivity contribution is -0.236. The summed E-state index contributed by atoms with van der Waals surface area (Å²) < 4.78 is 29.7. The second-order valence-corrected chi connectivity index (χ2v) is 6.65. The molecule has 23 heavy (non-hydrogen) atoms. The van der Waals surface area contributed by atoms with Gasteiger partial charge in [-0.1, -0.05) is 24.3 Å². The van der Waals surface area contributed by atoms with Crippen LogP contribution in [0.15, 0.2) is 24.3 Å². The molecule has 0 saturated carbocycles. The van der Waals surface area contributed by atoms with E-state index in [1.54, 1.807) is 0 Å². The molecule has 0 unspecified atom stereocenters. The van der Waals surface area contributed by atoms with Crippen LogP contribution in [-0.4, -0.2) is 48.2 Å². The van der Waals surface area contributed by atoms with Gasteiger partial charge in [-0.25, -0.2) is 0 Å². The molecule has 0 radical (unpaired) electrons. The number of benzene rings is 1. The van der Waals surface area contributed by atoms with E-state index < -0.39 is 24.3 Å². The molecule has 0 spiro atoms. The van der Waals surface area contributed by atoms with Crippen molar-refractivity contribution < 1.29 is 28.8 Å². The maximum Gasteiger partial charge on any atom is 0.190 e. The maximum absolute atomic E-state index is 9.72. The largest absolute Gasteiger partial charge is 0.394 e. The van der Waals surface area contributed by atoms with Crippen molar-refractivity contribution in [3.8, 4) is 0 Å². The number of hydrogen-bond acceptors (Lipinski definition) is 6. The van der Waals surface area contributed by atoms with E-state index in [4.69, 9.17) is 23.7 Å². The molecule has 1 aromatic carbocycles. The molecule has 0 amide bonds. The summed E-state index contributed by atoms with van der Waals surface area (Å²) in [4.78, 5) is 0. The third kappa shape index (κ3) is 2.80. The smallest absolute Gasteiger partial charge is 0.190 e. The summed E-state index contributed by atoms with van der Waals surface area (Å²) >= 11 is 0. The molecule has 6 heteroatoms. The predicted molar refractivity (Wildman–Crippen MR) is 79.4 cm³/mol. The highest BCUT2D eigenvalue weighted by atomic mass is 16.8. The van der Waals surface area contributed by atoms with Crippen LogP contribution in [-0.2, 0) is 36.9 Å². The van der Waals surface area contributed by atoms with Crippen molar-refractivity contribution >= 4 is 0 Å².